The second-order valence-corrected chi connectivity index (χ2v) is 15.4. The number of fused-ring (bicyclic) bond motifs is 5. The summed E-state index contributed by atoms with van der Waals surface area (Å²) in [5.74, 6) is 1.96. The third kappa shape index (κ3) is 5.78. The minimum Gasteiger partial charge on any atom is -0.208 e. The zero-order valence-electron chi connectivity index (χ0n) is 30.8. The molecule has 0 aliphatic heterocycles. The van der Waals surface area contributed by atoms with Crippen LogP contribution in [-0.2, 0) is 0 Å². The van der Waals surface area contributed by atoms with Gasteiger partial charge in [0.2, 0.25) is 0 Å². The molecule has 57 heavy (non-hydrogen) atoms. The molecule has 0 spiro atoms. The van der Waals surface area contributed by atoms with E-state index in [1.165, 1.54) is 69.5 Å². The highest BCUT2D eigenvalue weighted by Crippen LogP contribution is 2.46. The minimum atomic E-state index is 0.641. The summed E-state index contributed by atoms with van der Waals surface area (Å²) in [5, 5.41) is 7.32. The Kier molecular flexibility index (Phi) is 8.01. The second kappa shape index (κ2) is 13.8. The lowest BCUT2D eigenvalue weighted by Crippen LogP contribution is -2.00. The van der Waals surface area contributed by atoms with E-state index in [2.05, 4.69) is 182 Å². The van der Waals surface area contributed by atoms with E-state index in [1.807, 2.05) is 18.2 Å². The topological polar surface area (TPSA) is 38.7 Å². The van der Waals surface area contributed by atoms with Gasteiger partial charge < -0.3 is 0 Å². The first-order valence-corrected chi connectivity index (χ1v) is 20.0. The van der Waals surface area contributed by atoms with Crippen molar-refractivity contribution in [3.05, 3.63) is 200 Å². The third-order valence-corrected chi connectivity index (χ3v) is 12.2. The molecule has 0 N–H and O–H groups in total. The van der Waals surface area contributed by atoms with Crippen LogP contribution in [0.25, 0.3) is 109 Å². The molecule has 0 aliphatic rings. The molecule has 11 rings (SSSR count). The van der Waals surface area contributed by atoms with Crippen LogP contribution in [0.4, 0.5) is 0 Å². The van der Waals surface area contributed by atoms with Crippen molar-refractivity contribution in [1.82, 2.24) is 15.0 Å². The normalized spacial score (nSPS) is 11.5. The number of hydrogen-bond donors (Lipinski definition) is 0. The predicted molar refractivity (Wildman–Crippen MR) is 240 cm³/mol. The van der Waals surface area contributed by atoms with Crippen molar-refractivity contribution in [2.45, 2.75) is 0 Å². The Labute approximate surface area is 334 Å². The van der Waals surface area contributed by atoms with Crippen LogP contribution in [0, 0.1) is 0 Å². The molecule has 0 unspecified atom stereocenters. The van der Waals surface area contributed by atoms with Crippen LogP contribution in [0.5, 0.6) is 0 Å². The van der Waals surface area contributed by atoms with Crippen molar-refractivity contribution in [3.8, 4) is 67.5 Å². The van der Waals surface area contributed by atoms with Crippen LogP contribution in [0.3, 0.4) is 0 Å². The van der Waals surface area contributed by atoms with Gasteiger partial charge in [-0.2, -0.15) is 0 Å². The van der Waals surface area contributed by atoms with Crippen molar-refractivity contribution in [2.24, 2.45) is 0 Å². The van der Waals surface area contributed by atoms with E-state index < -0.39 is 0 Å². The number of nitrogens with zero attached hydrogens (tertiary/aromatic N) is 3. The van der Waals surface area contributed by atoms with Gasteiger partial charge in [0.15, 0.2) is 17.5 Å². The van der Waals surface area contributed by atoms with Gasteiger partial charge in [-0.25, -0.2) is 15.0 Å². The van der Waals surface area contributed by atoms with Crippen molar-refractivity contribution < 1.29 is 0 Å². The summed E-state index contributed by atoms with van der Waals surface area (Å²) in [5.41, 5.74) is 10.1. The molecule has 0 saturated heterocycles. The Bertz CT molecular complexity index is 3280. The fourth-order valence-corrected chi connectivity index (χ4v) is 9.47. The van der Waals surface area contributed by atoms with Gasteiger partial charge in [0.1, 0.15) is 0 Å². The Morgan fingerprint density at radius 1 is 0.281 bits per heavy atom. The molecule has 3 nitrogen and oxygen atoms in total. The molecule has 4 heteroatoms. The molecule has 9 aromatic carbocycles. The lowest BCUT2D eigenvalue weighted by molar-refractivity contribution is 1.08. The maximum Gasteiger partial charge on any atom is 0.165 e. The van der Waals surface area contributed by atoms with Crippen LogP contribution in [-0.4, -0.2) is 15.0 Å². The van der Waals surface area contributed by atoms with Gasteiger partial charge in [-0.05, 0) is 67.1 Å². The summed E-state index contributed by atoms with van der Waals surface area (Å²) >= 11 is 1.79. The molecule has 11 aromatic rings. The SMILES string of the molecule is c1ccc(-c2nc(-c3ccc(-c4c(-c5c(-c6ccccc6)ccc6ccccc56)ccc5ccccc45)cc3)nc(-c3cccc4c3sc3ccccc34)n2)cc1. The van der Waals surface area contributed by atoms with Gasteiger partial charge in [0.05, 0.1) is 0 Å². The first kappa shape index (κ1) is 33.1. The van der Waals surface area contributed by atoms with Crippen LogP contribution in [0.2, 0.25) is 0 Å². The monoisotopic (exact) mass is 743 g/mol. The van der Waals surface area contributed by atoms with Gasteiger partial charge in [-0.3, -0.25) is 0 Å². The summed E-state index contributed by atoms with van der Waals surface area (Å²) in [6.45, 7) is 0. The van der Waals surface area contributed by atoms with E-state index in [0.717, 1.165) is 22.3 Å². The molecule has 0 fully saturated rings. The van der Waals surface area contributed by atoms with Crippen molar-refractivity contribution in [2.75, 3.05) is 0 Å². The van der Waals surface area contributed by atoms with Crippen LogP contribution in [0.15, 0.2) is 200 Å². The Morgan fingerprint density at radius 2 is 0.789 bits per heavy atom. The summed E-state index contributed by atoms with van der Waals surface area (Å²) < 4.78 is 2.43. The molecule has 0 aliphatic carbocycles. The Morgan fingerprint density at radius 3 is 1.49 bits per heavy atom. The molecule has 0 radical (unpaired) electrons. The summed E-state index contributed by atoms with van der Waals surface area (Å²) in [6.07, 6.45) is 0. The number of thiophene rings is 1. The van der Waals surface area contributed by atoms with Gasteiger partial charge in [-0.15, -0.1) is 11.3 Å². The smallest absolute Gasteiger partial charge is 0.165 e. The van der Waals surface area contributed by atoms with Crippen LogP contribution >= 0.6 is 11.3 Å². The van der Waals surface area contributed by atoms with E-state index >= 15 is 0 Å². The maximum atomic E-state index is 5.20. The highest BCUT2D eigenvalue weighted by atomic mass is 32.1. The van der Waals surface area contributed by atoms with Gasteiger partial charge in [-0.1, -0.05) is 188 Å². The second-order valence-electron chi connectivity index (χ2n) is 14.3. The van der Waals surface area contributed by atoms with Crippen LogP contribution < -0.4 is 0 Å². The third-order valence-electron chi connectivity index (χ3n) is 11.0. The van der Waals surface area contributed by atoms with Crippen molar-refractivity contribution in [1.29, 1.82) is 0 Å². The first-order chi connectivity index (χ1) is 28.3. The average molecular weight is 744 g/mol. The predicted octanol–water partition coefficient (Wildman–Crippen LogP) is 14.5. The Hall–Kier alpha value is -7.27. The molecule has 0 amide bonds. The molecule has 0 atom stereocenters. The lowest BCUT2D eigenvalue weighted by atomic mass is 9.84. The molecule has 2 aromatic heterocycles. The molecule has 2 heterocycles. The molecular formula is C53H33N3S. The molecule has 0 saturated carbocycles. The minimum absolute atomic E-state index is 0.641. The van der Waals surface area contributed by atoms with Gasteiger partial charge in [0.25, 0.3) is 0 Å². The van der Waals surface area contributed by atoms with Crippen molar-refractivity contribution >= 4 is 53.1 Å². The Balaban J connectivity index is 1.10. The average Bonchev–Trinajstić information content (AvgIpc) is 3.68. The summed E-state index contributed by atoms with van der Waals surface area (Å²) in [7, 11) is 0. The van der Waals surface area contributed by atoms with E-state index in [9.17, 15) is 0 Å². The largest absolute Gasteiger partial charge is 0.208 e. The van der Waals surface area contributed by atoms with Crippen LogP contribution in [0.1, 0.15) is 0 Å². The highest BCUT2D eigenvalue weighted by molar-refractivity contribution is 7.26. The maximum absolute atomic E-state index is 5.20. The van der Waals surface area contributed by atoms with E-state index in [1.54, 1.807) is 11.3 Å². The van der Waals surface area contributed by atoms with E-state index in [-0.39, 0.29) is 0 Å². The van der Waals surface area contributed by atoms with Gasteiger partial charge in [0, 0.05) is 36.9 Å². The van der Waals surface area contributed by atoms with Gasteiger partial charge >= 0.3 is 0 Å². The fraction of sp³-hybridized carbons (Fsp3) is 0. The van der Waals surface area contributed by atoms with Crippen molar-refractivity contribution in [3.63, 3.8) is 0 Å². The lowest BCUT2D eigenvalue weighted by Gasteiger charge is -2.19. The zero-order chi connectivity index (χ0) is 37.7. The zero-order valence-corrected chi connectivity index (χ0v) is 31.6. The number of aromatic nitrogens is 3. The number of benzene rings is 9. The molecule has 0 bridgehead atoms. The quantitative estimate of drug-likeness (QED) is 0.170. The number of rotatable bonds is 6. The highest BCUT2D eigenvalue weighted by Gasteiger charge is 2.20. The standard InChI is InChI=1S/C53H33N3S/c1-3-14-34(15-4-1)42-32-30-36-17-8-10-21-41(36)49(42)45-33-31-35-16-7-9-20-40(35)48(45)37-26-28-39(29-27-37)52-54-51(38-18-5-2-6-19-38)55-53(56-52)46-24-13-23-44-43-22-11-12-25-47(43)57-50(44)46/h1-33H. The fourth-order valence-electron chi connectivity index (χ4n) is 8.26. The molecule has 266 valence electrons. The van der Waals surface area contributed by atoms with E-state index in [4.69, 9.17) is 15.0 Å². The number of hydrogen-bond acceptors (Lipinski definition) is 4. The summed E-state index contributed by atoms with van der Waals surface area (Å²) in [4.78, 5) is 15.4. The first-order valence-electron chi connectivity index (χ1n) is 19.2. The molecular weight excluding hydrogens is 711 g/mol. The van der Waals surface area contributed by atoms with E-state index in [0.29, 0.717) is 17.5 Å². The summed E-state index contributed by atoms with van der Waals surface area (Å²) in [6, 6.07) is 71.2.